The minimum Gasteiger partial charge on any atom is -0.351 e. The van der Waals surface area contributed by atoms with Crippen LogP contribution in [0.5, 0.6) is 0 Å². The molecule has 1 unspecified atom stereocenters. The summed E-state index contributed by atoms with van der Waals surface area (Å²) in [6.45, 7) is 3.74. The van der Waals surface area contributed by atoms with Crippen LogP contribution in [0, 0.1) is 0 Å². The number of hydrogen-bond donors (Lipinski definition) is 2. The average Bonchev–Trinajstić information content (AvgIpc) is 3.11. The number of carbonyl (C=O) groups is 2. The van der Waals surface area contributed by atoms with E-state index in [0.717, 1.165) is 17.7 Å². The van der Waals surface area contributed by atoms with E-state index in [1.54, 1.807) is 11.3 Å². The first kappa shape index (κ1) is 16.0. The predicted octanol–water partition coefficient (Wildman–Crippen LogP) is 2.63. The molecule has 1 aromatic heterocycles. The Labute approximate surface area is 130 Å². The molecular weight excluding hydrogens is 284 g/mol. The van der Waals surface area contributed by atoms with E-state index in [2.05, 4.69) is 10.6 Å². The molecule has 1 atom stereocenters. The fourth-order valence-electron chi connectivity index (χ4n) is 2.64. The van der Waals surface area contributed by atoms with Crippen LogP contribution in [0.25, 0.3) is 0 Å². The van der Waals surface area contributed by atoms with Crippen molar-refractivity contribution in [3.8, 4) is 0 Å². The fourth-order valence-corrected chi connectivity index (χ4v) is 3.35. The molecule has 1 aliphatic carbocycles. The summed E-state index contributed by atoms with van der Waals surface area (Å²) in [5, 5.41) is 7.95. The van der Waals surface area contributed by atoms with Crippen molar-refractivity contribution in [2.24, 2.45) is 0 Å². The van der Waals surface area contributed by atoms with E-state index >= 15 is 0 Å². The molecule has 21 heavy (non-hydrogen) atoms. The van der Waals surface area contributed by atoms with Crippen molar-refractivity contribution in [1.82, 2.24) is 10.6 Å². The molecule has 1 saturated carbocycles. The normalized spacial score (nSPS) is 18.2. The molecule has 4 nitrogen and oxygen atoms in total. The molecular formula is C16H24N2O2S. The monoisotopic (exact) mass is 308 g/mol. The van der Waals surface area contributed by atoms with Gasteiger partial charge in [-0.1, -0.05) is 25.8 Å². The van der Waals surface area contributed by atoms with Gasteiger partial charge < -0.3 is 10.6 Å². The van der Waals surface area contributed by atoms with Crippen LogP contribution in [0.4, 0.5) is 0 Å². The van der Waals surface area contributed by atoms with Crippen molar-refractivity contribution in [3.05, 3.63) is 22.4 Å². The Morgan fingerprint density at radius 2 is 2.10 bits per heavy atom. The molecule has 1 heterocycles. The Morgan fingerprint density at radius 3 is 2.67 bits per heavy atom. The standard InChI is InChI=1S/C16H24N2O2S/c1-3-16(2,15(20)17-12-7-4-5-8-12)18-14(19)11-13-9-6-10-21-13/h6,9-10,12H,3-5,7-8,11H2,1-2H3,(H,17,20)(H,18,19). The zero-order valence-corrected chi connectivity index (χ0v) is 13.6. The Bertz CT molecular complexity index is 480. The smallest absolute Gasteiger partial charge is 0.245 e. The Balaban J connectivity index is 1.92. The van der Waals surface area contributed by atoms with E-state index in [1.165, 1.54) is 12.8 Å². The number of amides is 2. The summed E-state index contributed by atoms with van der Waals surface area (Å²) in [4.78, 5) is 25.6. The summed E-state index contributed by atoms with van der Waals surface area (Å²) >= 11 is 1.56. The zero-order valence-electron chi connectivity index (χ0n) is 12.8. The first-order chi connectivity index (χ1) is 10.0. The van der Waals surface area contributed by atoms with Crippen LogP contribution < -0.4 is 10.6 Å². The molecule has 0 saturated heterocycles. The summed E-state index contributed by atoms with van der Waals surface area (Å²) in [7, 11) is 0. The number of thiophene rings is 1. The lowest BCUT2D eigenvalue weighted by Crippen LogP contribution is -2.58. The summed E-state index contributed by atoms with van der Waals surface area (Å²) in [5.41, 5.74) is -0.822. The zero-order chi connectivity index (χ0) is 15.3. The topological polar surface area (TPSA) is 58.2 Å². The van der Waals surface area contributed by atoms with Crippen LogP contribution in [-0.4, -0.2) is 23.4 Å². The molecule has 2 rings (SSSR count). The van der Waals surface area contributed by atoms with Crippen LogP contribution in [0.2, 0.25) is 0 Å². The molecule has 0 aliphatic heterocycles. The van der Waals surface area contributed by atoms with Gasteiger partial charge in [0.2, 0.25) is 11.8 Å². The lowest BCUT2D eigenvalue weighted by Gasteiger charge is -2.30. The number of hydrogen-bond acceptors (Lipinski definition) is 3. The largest absolute Gasteiger partial charge is 0.351 e. The van der Waals surface area contributed by atoms with Gasteiger partial charge in [-0.05, 0) is 37.6 Å². The van der Waals surface area contributed by atoms with Gasteiger partial charge in [0.05, 0.1) is 6.42 Å². The molecule has 2 amide bonds. The van der Waals surface area contributed by atoms with E-state index in [4.69, 9.17) is 0 Å². The van der Waals surface area contributed by atoms with Crippen molar-refractivity contribution in [2.45, 2.75) is 64.0 Å². The lowest BCUT2D eigenvalue weighted by atomic mass is 9.96. The van der Waals surface area contributed by atoms with E-state index in [9.17, 15) is 9.59 Å². The molecule has 0 bridgehead atoms. The van der Waals surface area contributed by atoms with Gasteiger partial charge >= 0.3 is 0 Å². The Hall–Kier alpha value is -1.36. The third kappa shape index (κ3) is 4.30. The summed E-state index contributed by atoms with van der Waals surface area (Å²) in [5.74, 6) is -0.153. The second kappa shape index (κ2) is 7.07. The van der Waals surface area contributed by atoms with E-state index < -0.39 is 5.54 Å². The third-order valence-electron chi connectivity index (χ3n) is 4.23. The maximum absolute atomic E-state index is 12.5. The van der Waals surface area contributed by atoms with Crippen LogP contribution in [-0.2, 0) is 16.0 Å². The van der Waals surface area contributed by atoms with E-state index in [-0.39, 0.29) is 17.9 Å². The second-order valence-electron chi connectivity index (χ2n) is 5.94. The molecule has 0 radical (unpaired) electrons. The minimum atomic E-state index is -0.822. The third-order valence-corrected chi connectivity index (χ3v) is 5.11. The van der Waals surface area contributed by atoms with Crippen LogP contribution in [0.15, 0.2) is 17.5 Å². The van der Waals surface area contributed by atoms with Gasteiger partial charge in [-0.25, -0.2) is 0 Å². The van der Waals surface area contributed by atoms with Crippen LogP contribution in [0.3, 0.4) is 0 Å². The van der Waals surface area contributed by atoms with E-state index in [1.807, 2.05) is 31.4 Å². The van der Waals surface area contributed by atoms with Crippen LogP contribution >= 0.6 is 11.3 Å². The highest BCUT2D eigenvalue weighted by atomic mass is 32.1. The molecule has 2 N–H and O–H groups in total. The second-order valence-corrected chi connectivity index (χ2v) is 6.98. The van der Waals surface area contributed by atoms with Gasteiger partial charge in [0, 0.05) is 10.9 Å². The van der Waals surface area contributed by atoms with Crippen molar-refractivity contribution in [3.63, 3.8) is 0 Å². The van der Waals surface area contributed by atoms with Gasteiger partial charge in [0.1, 0.15) is 5.54 Å². The first-order valence-electron chi connectivity index (χ1n) is 7.68. The molecule has 1 fully saturated rings. The molecule has 1 aromatic rings. The Morgan fingerprint density at radius 1 is 1.38 bits per heavy atom. The maximum atomic E-state index is 12.5. The highest BCUT2D eigenvalue weighted by Gasteiger charge is 2.34. The van der Waals surface area contributed by atoms with Gasteiger partial charge in [0.25, 0.3) is 0 Å². The molecule has 0 aromatic carbocycles. The molecule has 5 heteroatoms. The van der Waals surface area contributed by atoms with Crippen LogP contribution in [0.1, 0.15) is 50.8 Å². The predicted molar refractivity (Wildman–Crippen MR) is 85.3 cm³/mol. The highest BCUT2D eigenvalue weighted by molar-refractivity contribution is 7.10. The highest BCUT2D eigenvalue weighted by Crippen LogP contribution is 2.19. The van der Waals surface area contributed by atoms with Crippen molar-refractivity contribution < 1.29 is 9.59 Å². The molecule has 1 aliphatic rings. The van der Waals surface area contributed by atoms with Crippen molar-refractivity contribution in [2.75, 3.05) is 0 Å². The Kier molecular flexibility index (Phi) is 5.39. The van der Waals surface area contributed by atoms with Gasteiger partial charge in [-0.15, -0.1) is 11.3 Å². The average molecular weight is 308 g/mol. The number of nitrogens with one attached hydrogen (secondary N) is 2. The maximum Gasteiger partial charge on any atom is 0.245 e. The summed E-state index contributed by atoms with van der Waals surface area (Å²) in [6.07, 6.45) is 5.38. The number of carbonyl (C=O) groups excluding carboxylic acids is 2. The first-order valence-corrected chi connectivity index (χ1v) is 8.56. The molecule has 116 valence electrons. The lowest BCUT2D eigenvalue weighted by molar-refractivity contribution is -0.133. The minimum absolute atomic E-state index is 0.0589. The van der Waals surface area contributed by atoms with Gasteiger partial charge in [-0.3, -0.25) is 9.59 Å². The molecule has 0 spiro atoms. The van der Waals surface area contributed by atoms with Gasteiger partial charge in [-0.2, -0.15) is 0 Å². The summed E-state index contributed by atoms with van der Waals surface area (Å²) in [6, 6.07) is 4.14. The fraction of sp³-hybridized carbons (Fsp3) is 0.625. The van der Waals surface area contributed by atoms with E-state index in [0.29, 0.717) is 12.8 Å². The van der Waals surface area contributed by atoms with Crippen molar-refractivity contribution >= 4 is 23.2 Å². The van der Waals surface area contributed by atoms with Gasteiger partial charge in [0.15, 0.2) is 0 Å². The SMILES string of the molecule is CCC(C)(NC(=O)Cc1cccs1)C(=O)NC1CCCC1. The quantitative estimate of drug-likeness (QED) is 0.849. The van der Waals surface area contributed by atoms with Crippen molar-refractivity contribution in [1.29, 1.82) is 0 Å². The summed E-state index contributed by atoms with van der Waals surface area (Å²) < 4.78 is 0. The number of rotatable bonds is 6.